The number of nitrogens with zero attached hydrogens (tertiary/aromatic N) is 1. The van der Waals surface area contributed by atoms with Crippen molar-refractivity contribution in [3.8, 4) is 0 Å². The molecule has 0 bridgehead atoms. The summed E-state index contributed by atoms with van der Waals surface area (Å²) in [6.45, 7) is 8.15. The Bertz CT molecular complexity index is 511. The Balaban J connectivity index is 3.33. The van der Waals surface area contributed by atoms with Crippen molar-refractivity contribution in [2.24, 2.45) is 0 Å². The zero-order chi connectivity index (χ0) is 14.6. The Morgan fingerprint density at radius 1 is 1.05 bits per heavy atom. The Labute approximate surface area is 115 Å². The van der Waals surface area contributed by atoms with E-state index in [4.69, 9.17) is 0 Å². The summed E-state index contributed by atoms with van der Waals surface area (Å²) in [4.78, 5) is 0.246. The average molecular weight is 287 g/mol. The Kier molecular flexibility index (Phi) is 5.50. The highest BCUT2D eigenvalue weighted by Gasteiger charge is 2.26. The Hall–Kier alpha value is -0.940. The van der Waals surface area contributed by atoms with E-state index in [1.807, 2.05) is 13.8 Å². The van der Waals surface area contributed by atoms with Crippen molar-refractivity contribution in [3.05, 3.63) is 29.1 Å². The highest BCUT2D eigenvalue weighted by Crippen LogP contribution is 2.25. The molecule has 19 heavy (non-hydrogen) atoms. The molecule has 0 N–H and O–H groups in total. The van der Waals surface area contributed by atoms with E-state index in [9.17, 15) is 12.8 Å². The zero-order valence-electron chi connectivity index (χ0n) is 12.0. The summed E-state index contributed by atoms with van der Waals surface area (Å²) in [5.74, 6) is -0.397. The van der Waals surface area contributed by atoms with Crippen LogP contribution in [0.3, 0.4) is 0 Å². The van der Waals surface area contributed by atoms with Crippen LogP contribution in [0.2, 0.25) is 0 Å². The van der Waals surface area contributed by atoms with E-state index in [1.54, 1.807) is 13.8 Å². The number of halogens is 1. The molecule has 3 nitrogen and oxygen atoms in total. The van der Waals surface area contributed by atoms with E-state index in [1.165, 1.54) is 16.4 Å². The third-order valence-electron chi connectivity index (χ3n) is 2.97. The SMILES string of the molecule is CCCN(CCC)S(=O)(=O)c1c(C)cc(F)cc1C. The van der Waals surface area contributed by atoms with Crippen molar-refractivity contribution < 1.29 is 12.8 Å². The summed E-state index contributed by atoms with van der Waals surface area (Å²) in [6, 6.07) is 2.55. The minimum Gasteiger partial charge on any atom is -0.207 e. The predicted octanol–water partition coefficient (Wildman–Crippen LogP) is 3.25. The van der Waals surface area contributed by atoms with Crippen molar-refractivity contribution in [3.63, 3.8) is 0 Å². The summed E-state index contributed by atoms with van der Waals surface area (Å²) in [7, 11) is -3.54. The lowest BCUT2D eigenvalue weighted by molar-refractivity contribution is 0.409. The van der Waals surface area contributed by atoms with Crippen molar-refractivity contribution in [1.82, 2.24) is 4.31 Å². The van der Waals surface area contributed by atoms with Crippen molar-refractivity contribution >= 4 is 10.0 Å². The van der Waals surface area contributed by atoms with Gasteiger partial charge in [0, 0.05) is 13.1 Å². The number of hydrogen-bond donors (Lipinski definition) is 0. The molecule has 0 aliphatic heterocycles. The molecule has 0 aromatic heterocycles. The van der Waals surface area contributed by atoms with Gasteiger partial charge in [0.2, 0.25) is 10.0 Å². The number of rotatable bonds is 6. The van der Waals surface area contributed by atoms with Crippen LogP contribution in [0.1, 0.15) is 37.8 Å². The topological polar surface area (TPSA) is 37.4 Å². The maximum absolute atomic E-state index is 13.3. The van der Waals surface area contributed by atoms with E-state index in [0.717, 1.165) is 12.8 Å². The third kappa shape index (κ3) is 3.54. The van der Waals surface area contributed by atoms with Gasteiger partial charge >= 0.3 is 0 Å². The lowest BCUT2D eigenvalue weighted by atomic mass is 10.1. The minimum absolute atomic E-state index is 0.246. The number of aryl methyl sites for hydroxylation is 2. The molecule has 0 aliphatic rings. The van der Waals surface area contributed by atoms with Gasteiger partial charge in [-0.15, -0.1) is 0 Å². The summed E-state index contributed by atoms with van der Waals surface area (Å²) in [6.07, 6.45) is 1.52. The third-order valence-corrected chi connectivity index (χ3v) is 5.17. The molecule has 0 spiro atoms. The molecule has 1 aromatic carbocycles. The normalized spacial score (nSPS) is 12.1. The van der Waals surface area contributed by atoms with Crippen molar-refractivity contribution in [2.75, 3.05) is 13.1 Å². The molecule has 0 fully saturated rings. The van der Waals surface area contributed by atoms with Crippen LogP contribution in [0.5, 0.6) is 0 Å². The highest BCUT2D eigenvalue weighted by atomic mass is 32.2. The fourth-order valence-corrected chi connectivity index (χ4v) is 4.32. The van der Waals surface area contributed by atoms with Gasteiger partial charge in [-0.05, 0) is 49.9 Å². The first kappa shape index (κ1) is 16.1. The van der Waals surface area contributed by atoms with Gasteiger partial charge in [0.05, 0.1) is 4.90 Å². The van der Waals surface area contributed by atoms with Gasteiger partial charge in [-0.25, -0.2) is 12.8 Å². The van der Waals surface area contributed by atoms with Gasteiger partial charge in [0.1, 0.15) is 5.82 Å². The molecule has 108 valence electrons. The summed E-state index contributed by atoms with van der Waals surface area (Å²) in [5.41, 5.74) is 0.935. The van der Waals surface area contributed by atoms with Crippen LogP contribution in [0.4, 0.5) is 4.39 Å². The summed E-state index contributed by atoms with van der Waals surface area (Å²) >= 11 is 0. The quantitative estimate of drug-likeness (QED) is 0.805. The van der Waals surface area contributed by atoms with Crippen LogP contribution < -0.4 is 0 Å². The molecule has 0 aliphatic carbocycles. The second kappa shape index (κ2) is 6.48. The first-order chi connectivity index (χ1) is 8.84. The van der Waals surface area contributed by atoms with Crippen LogP contribution in [-0.4, -0.2) is 25.8 Å². The van der Waals surface area contributed by atoms with Gasteiger partial charge in [-0.3, -0.25) is 0 Å². The van der Waals surface area contributed by atoms with Gasteiger partial charge in [-0.2, -0.15) is 4.31 Å². The largest absolute Gasteiger partial charge is 0.243 e. The maximum Gasteiger partial charge on any atom is 0.243 e. The monoisotopic (exact) mass is 287 g/mol. The molecule has 5 heteroatoms. The molecule has 0 saturated carbocycles. The van der Waals surface area contributed by atoms with Crippen molar-refractivity contribution in [2.45, 2.75) is 45.4 Å². The fourth-order valence-electron chi connectivity index (χ4n) is 2.28. The van der Waals surface area contributed by atoms with Crippen LogP contribution in [0.25, 0.3) is 0 Å². The molecule has 0 unspecified atom stereocenters. The summed E-state index contributed by atoms with van der Waals surface area (Å²) in [5, 5.41) is 0. The molecule has 1 aromatic rings. The molecule has 0 saturated heterocycles. The van der Waals surface area contributed by atoms with E-state index in [0.29, 0.717) is 24.2 Å². The second-order valence-corrected chi connectivity index (χ2v) is 6.65. The standard InChI is InChI=1S/C14H22FNO2S/c1-5-7-16(8-6-2)19(17,18)14-11(3)9-13(15)10-12(14)4/h9-10H,5-8H2,1-4H3. The number of sulfonamides is 1. The molecule has 0 amide bonds. The van der Waals surface area contributed by atoms with Crippen LogP contribution >= 0.6 is 0 Å². The van der Waals surface area contributed by atoms with Crippen LogP contribution in [-0.2, 0) is 10.0 Å². The predicted molar refractivity (Wildman–Crippen MR) is 75.2 cm³/mol. The Morgan fingerprint density at radius 3 is 1.84 bits per heavy atom. The molecule has 0 heterocycles. The molecule has 0 radical (unpaired) electrons. The molecule has 1 rings (SSSR count). The molecular formula is C14H22FNO2S. The maximum atomic E-state index is 13.3. The van der Waals surface area contributed by atoms with E-state index in [-0.39, 0.29) is 4.90 Å². The van der Waals surface area contributed by atoms with E-state index < -0.39 is 15.8 Å². The van der Waals surface area contributed by atoms with Gasteiger partial charge < -0.3 is 0 Å². The van der Waals surface area contributed by atoms with Gasteiger partial charge in [0.15, 0.2) is 0 Å². The smallest absolute Gasteiger partial charge is 0.207 e. The van der Waals surface area contributed by atoms with E-state index >= 15 is 0 Å². The lowest BCUT2D eigenvalue weighted by Gasteiger charge is -2.23. The first-order valence-corrected chi connectivity index (χ1v) is 8.05. The second-order valence-electron chi connectivity index (χ2n) is 4.77. The van der Waals surface area contributed by atoms with Crippen LogP contribution in [0.15, 0.2) is 17.0 Å². The number of hydrogen-bond acceptors (Lipinski definition) is 2. The summed E-state index contributed by atoms with van der Waals surface area (Å²) < 4.78 is 40.1. The van der Waals surface area contributed by atoms with Gasteiger partial charge in [-0.1, -0.05) is 13.8 Å². The lowest BCUT2D eigenvalue weighted by Crippen LogP contribution is -2.33. The highest BCUT2D eigenvalue weighted by molar-refractivity contribution is 7.89. The molecular weight excluding hydrogens is 265 g/mol. The zero-order valence-corrected chi connectivity index (χ0v) is 12.8. The number of benzene rings is 1. The van der Waals surface area contributed by atoms with Crippen molar-refractivity contribution in [1.29, 1.82) is 0 Å². The Morgan fingerprint density at radius 2 is 1.47 bits per heavy atom. The minimum atomic E-state index is -3.54. The molecule has 0 atom stereocenters. The fraction of sp³-hybridized carbons (Fsp3) is 0.571. The van der Waals surface area contributed by atoms with Crippen LogP contribution in [0, 0.1) is 19.7 Å². The van der Waals surface area contributed by atoms with Gasteiger partial charge in [0.25, 0.3) is 0 Å². The first-order valence-electron chi connectivity index (χ1n) is 6.61. The van der Waals surface area contributed by atoms with E-state index in [2.05, 4.69) is 0 Å². The average Bonchev–Trinajstić information content (AvgIpc) is 2.26.